The summed E-state index contributed by atoms with van der Waals surface area (Å²) in [6, 6.07) is 10.2. The summed E-state index contributed by atoms with van der Waals surface area (Å²) in [7, 11) is 3.93. The molecule has 0 heterocycles. The van der Waals surface area contributed by atoms with E-state index in [-0.39, 0.29) is 24.0 Å². The van der Waals surface area contributed by atoms with E-state index in [1.54, 1.807) is 0 Å². The number of nitrogens with zero attached hydrogens (tertiary/aromatic N) is 2. The van der Waals surface area contributed by atoms with Crippen LogP contribution in [0, 0.1) is 0 Å². The monoisotopic (exact) mass is 423 g/mol. The van der Waals surface area contributed by atoms with E-state index in [0.29, 0.717) is 13.1 Å². The van der Waals surface area contributed by atoms with Crippen molar-refractivity contribution in [3.63, 3.8) is 0 Å². The van der Waals surface area contributed by atoms with Crippen molar-refractivity contribution < 1.29 is 0 Å². The fourth-order valence-electron chi connectivity index (χ4n) is 1.28. The highest BCUT2D eigenvalue weighted by molar-refractivity contribution is 14.0. The van der Waals surface area contributed by atoms with E-state index >= 15 is 0 Å². The Hall–Kier alpha value is -0.560. The van der Waals surface area contributed by atoms with Crippen LogP contribution in [0.25, 0.3) is 0 Å². The van der Waals surface area contributed by atoms with E-state index < -0.39 is 0 Å². The molecule has 0 fully saturated rings. The second-order valence-electron chi connectivity index (χ2n) is 3.89. The van der Waals surface area contributed by atoms with Gasteiger partial charge in [-0.1, -0.05) is 52.8 Å². The molecule has 3 nitrogen and oxygen atoms in total. The number of nitrogens with one attached hydrogen (secondary N) is 1. The molecule has 1 N–H and O–H groups in total. The summed E-state index contributed by atoms with van der Waals surface area (Å²) in [6.45, 7) is 5.13. The van der Waals surface area contributed by atoms with Crippen molar-refractivity contribution in [3.05, 3.63) is 47.0 Å². The van der Waals surface area contributed by atoms with Crippen molar-refractivity contribution in [3.8, 4) is 0 Å². The number of hydrogen-bond donors (Lipinski definition) is 1. The first-order valence-electron chi connectivity index (χ1n) is 5.42. The second-order valence-corrected chi connectivity index (χ2v) is 5.01. The third kappa shape index (κ3) is 7.00. The summed E-state index contributed by atoms with van der Waals surface area (Å²) in [5.41, 5.74) is 1.20. The maximum atomic E-state index is 4.53. The topological polar surface area (TPSA) is 27.6 Å². The molecule has 0 radical (unpaired) electrons. The van der Waals surface area contributed by atoms with Crippen LogP contribution in [-0.4, -0.2) is 31.5 Å². The van der Waals surface area contributed by atoms with Crippen LogP contribution >= 0.6 is 39.9 Å². The molecule has 0 aliphatic rings. The van der Waals surface area contributed by atoms with E-state index in [0.717, 1.165) is 10.4 Å². The molecule has 0 aliphatic heterocycles. The lowest BCUT2D eigenvalue weighted by Gasteiger charge is -2.17. The molecule has 1 aromatic rings. The molecule has 0 aromatic heterocycles. The van der Waals surface area contributed by atoms with E-state index in [4.69, 9.17) is 0 Å². The molecule has 18 heavy (non-hydrogen) atoms. The summed E-state index contributed by atoms with van der Waals surface area (Å²) < 4.78 is 0.909. The fraction of sp³-hybridized carbons (Fsp3) is 0.308. The van der Waals surface area contributed by atoms with Gasteiger partial charge in [0.05, 0.1) is 6.54 Å². The van der Waals surface area contributed by atoms with Gasteiger partial charge in [-0.3, -0.25) is 0 Å². The summed E-state index contributed by atoms with van der Waals surface area (Å²) in [6.07, 6.45) is 0. The smallest absolute Gasteiger partial charge is 0.194 e. The molecule has 0 saturated heterocycles. The van der Waals surface area contributed by atoms with Crippen molar-refractivity contribution in [1.82, 2.24) is 10.2 Å². The number of guanidine groups is 1. The van der Waals surface area contributed by atoms with Crippen molar-refractivity contribution in [2.24, 2.45) is 4.99 Å². The van der Waals surface area contributed by atoms with Gasteiger partial charge in [0.15, 0.2) is 5.96 Å². The average Bonchev–Trinajstić information content (AvgIpc) is 2.29. The maximum Gasteiger partial charge on any atom is 0.194 e. The van der Waals surface area contributed by atoms with Crippen molar-refractivity contribution in [1.29, 1.82) is 0 Å². The maximum absolute atomic E-state index is 4.53. The van der Waals surface area contributed by atoms with Gasteiger partial charge in [0, 0.05) is 25.1 Å². The minimum atomic E-state index is 0. The van der Waals surface area contributed by atoms with Crippen LogP contribution in [0.15, 0.2) is 46.4 Å². The Morgan fingerprint density at radius 3 is 2.44 bits per heavy atom. The predicted octanol–water partition coefficient (Wildman–Crippen LogP) is 3.22. The molecule has 0 aliphatic carbocycles. The summed E-state index contributed by atoms with van der Waals surface area (Å²) >= 11 is 3.32. The first-order chi connectivity index (χ1) is 8.09. The van der Waals surface area contributed by atoms with Crippen LogP contribution in [-0.2, 0) is 6.54 Å². The van der Waals surface area contributed by atoms with Crippen LogP contribution in [0.3, 0.4) is 0 Å². The Labute approximate surface area is 135 Å². The number of halogens is 2. The van der Waals surface area contributed by atoms with E-state index in [1.807, 2.05) is 37.2 Å². The second kappa shape index (κ2) is 9.38. The largest absolute Gasteiger partial charge is 0.352 e. The minimum Gasteiger partial charge on any atom is -0.352 e. The third-order valence-corrected chi connectivity index (χ3v) is 2.40. The number of benzene rings is 1. The summed E-state index contributed by atoms with van der Waals surface area (Å²) in [4.78, 5) is 6.49. The van der Waals surface area contributed by atoms with Gasteiger partial charge in [0.2, 0.25) is 0 Å². The normalized spacial score (nSPS) is 10.5. The molecule has 0 unspecified atom stereocenters. The van der Waals surface area contributed by atoms with Gasteiger partial charge >= 0.3 is 0 Å². The molecule has 0 amide bonds. The van der Waals surface area contributed by atoms with Gasteiger partial charge in [0.25, 0.3) is 0 Å². The predicted molar refractivity (Wildman–Crippen MR) is 92.8 cm³/mol. The molecule has 0 bridgehead atoms. The summed E-state index contributed by atoms with van der Waals surface area (Å²) in [5.74, 6) is 0.856. The molecule has 0 spiro atoms. The Morgan fingerprint density at radius 2 is 1.94 bits per heavy atom. The van der Waals surface area contributed by atoms with Gasteiger partial charge < -0.3 is 10.2 Å². The molecule has 0 saturated carbocycles. The highest BCUT2D eigenvalue weighted by Crippen LogP contribution is 2.01. The van der Waals surface area contributed by atoms with Crippen LogP contribution in [0.4, 0.5) is 0 Å². The molecule has 1 rings (SSSR count). The standard InChI is InChI=1S/C13H18BrN3.HI/c1-11(14)9-15-13(17(2)3)16-10-12-7-5-4-6-8-12;/h4-8H,1,9-10H2,2-3H3,(H,15,16);1H. The van der Waals surface area contributed by atoms with Crippen LogP contribution in [0.2, 0.25) is 0 Å². The first kappa shape index (κ1) is 17.4. The van der Waals surface area contributed by atoms with Crippen molar-refractivity contribution in [2.45, 2.75) is 6.54 Å². The van der Waals surface area contributed by atoms with Gasteiger partial charge in [-0.05, 0) is 5.56 Å². The van der Waals surface area contributed by atoms with E-state index in [1.165, 1.54) is 5.56 Å². The lowest BCUT2D eigenvalue weighted by molar-refractivity contribution is 0.586. The molecule has 5 heteroatoms. The summed E-state index contributed by atoms with van der Waals surface area (Å²) in [5, 5.41) is 3.22. The van der Waals surface area contributed by atoms with Gasteiger partial charge in [0.1, 0.15) is 0 Å². The molecule has 0 atom stereocenters. The lowest BCUT2D eigenvalue weighted by atomic mass is 10.2. The first-order valence-corrected chi connectivity index (χ1v) is 6.21. The highest BCUT2D eigenvalue weighted by Gasteiger charge is 2.01. The zero-order valence-electron chi connectivity index (χ0n) is 10.7. The van der Waals surface area contributed by atoms with Crippen LogP contribution in [0.1, 0.15) is 5.56 Å². The van der Waals surface area contributed by atoms with Gasteiger partial charge in [-0.25, -0.2) is 4.99 Å². The van der Waals surface area contributed by atoms with E-state index in [9.17, 15) is 0 Å². The number of rotatable bonds is 4. The van der Waals surface area contributed by atoms with Crippen molar-refractivity contribution >= 4 is 45.9 Å². The van der Waals surface area contributed by atoms with Crippen LogP contribution in [0.5, 0.6) is 0 Å². The lowest BCUT2D eigenvalue weighted by Crippen LogP contribution is -2.37. The molecular weight excluding hydrogens is 405 g/mol. The Bertz CT molecular complexity index is 390. The molecular formula is C13H19BrIN3. The minimum absolute atomic E-state index is 0. The van der Waals surface area contributed by atoms with Gasteiger partial charge in [-0.15, -0.1) is 24.0 Å². The zero-order valence-corrected chi connectivity index (χ0v) is 14.6. The Kier molecular flexibility index (Phi) is 9.09. The zero-order chi connectivity index (χ0) is 12.7. The van der Waals surface area contributed by atoms with Crippen LogP contribution < -0.4 is 5.32 Å². The van der Waals surface area contributed by atoms with Gasteiger partial charge in [-0.2, -0.15) is 0 Å². The quantitative estimate of drug-likeness (QED) is 0.457. The number of aliphatic imine (C=N–C) groups is 1. The molecule has 100 valence electrons. The third-order valence-electron chi connectivity index (χ3n) is 2.12. The Balaban J connectivity index is 0.00000289. The number of hydrogen-bond acceptors (Lipinski definition) is 1. The average molecular weight is 424 g/mol. The SMILES string of the molecule is C=C(Br)CNC(=NCc1ccccc1)N(C)C.I. The fourth-order valence-corrected chi connectivity index (χ4v) is 1.42. The molecule has 1 aromatic carbocycles. The Morgan fingerprint density at radius 1 is 1.33 bits per heavy atom. The van der Waals surface area contributed by atoms with E-state index in [2.05, 4.69) is 45.0 Å². The van der Waals surface area contributed by atoms with Crippen molar-refractivity contribution in [2.75, 3.05) is 20.6 Å². The highest BCUT2D eigenvalue weighted by atomic mass is 127.